The van der Waals surface area contributed by atoms with Crippen LogP contribution >= 0.6 is 12.0 Å². The molecule has 1 aromatic rings. The zero-order valence-electron chi connectivity index (χ0n) is 23.3. The Morgan fingerprint density at radius 1 is 1.27 bits per heavy atom. The minimum Gasteiger partial charge on any atom is -0.507 e. The van der Waals surface area contributed by atoms with Crippen molar-refractivity contribution < 1.29 is 41.8 Å². The van der Waals surface area contributed by atoms with E-state index in [1.165, 1.54) is 19.4 Å². The van der Waals surface area contributed by atoms with Gasteiger partial charge in [-0.1, -0.05) is 24.3 Å². The summed E-state index contributed by atoms with van der Waals surface area (Å²) in [6.07, 6.45) is 10.9. The fraction of sp³-hybridized carbons (Fsp3) is 0.500. The molecule has 0 aromatic heterocycles. The minimum atomic E-state index is -3.06. The Hall–Kier alpha value is -2.64. The molecular weight excluding hydrogens is 558 g/mol. The molecule has 0 spiro atoms. The van der Waals surface area contributed by atoms with E-state index in [1.807, 2.05) is 12.2 Å². The number of allylic oxidation sites excluding steroid dienone is 3. The maximum Gasteiger partial charge on any atom is 0.342 e. The number of phenolic OH excluding ortho intramolecular Hbond substituents is 1. The molecule has 1 aliphatic rings. The van der Waals surface area contributed by atoms with E-state index in [-0.39, 0.29) is 36.1 Å². The van der Waals surface area contributed by atoms with Gasteiger partial charge in [0.25, 0.3) is 0 Å². The highest BCUT2D eigenvalue weighted by atomic mass is 32.2. The van der Waals surface area contributed by atoms with Gasteiger partial charge in [-0.3, -0.25) is 4.79 Å². The van der Waals surface area contributed by atoms with E-state index in [0.29, 0.717) is 62.3 Å². The molecule has 0 bridgehead atoms. The SMILES string of the molecule is COOSCC(=CCCS(C)(=O)=O)CNCCOc1cc(O)c2c(c1)C=CCCCC(=O)CC=C(C)COC2=O. The van der Waals surface area contributed by atoms with Gasteiger partial charge in [0, 0.05) is 56.0 Å². The average molecular weight is 598 g/mol. The third kappa shape index (κ3) is 13.6. The summed E-state index contributed by atoms with van der Waals surface area (Å²) >= 11 is 1.10. The number of ketones is 1. The number of esters is 1. The molecule has 1 heterocycles. The van der Waals surface area contributed by atoms with E-state index in [0.717, 1.165) is 23.2 Å². The Bertz CT molecular complexity index is 1190. The molecule has 40 heavy (non-hydrogen) atoms. The van der Waals surface area contributed by atoms with Crippen LogP contribution in [-0.4, -0.2) is 76.5 Å². The van der Waals surface area contributed by atoms with E-state index >= 15 is 0 Å². The third-order valence-electron chi connectivity index (χ3n) is 5.74. The van der Waals surface area contributed by atoms with Crippen molar-refractivity contribution in [2.24, 2.45) is 0 Å². The highest BCUT2D eigenvalue weighted by molar-refractivity contribution is 7.94. The molecule has 0 atom stereocenters. The number of rotatable bonds is 13. The molecule has 2 rings (SSSR count). The fourth-order valence-electron chi connectivity index (χ4n) is 3.68. The second kappa shape index (κ2) is 17.9. The molecule has 10 nitrogen and oxygen atoms in total. The first-order chi connectivity index (χ1) is 19.1. The molecule has 12 heteroatoms. The monoisotopic (exact) mass is 597 g/mol. The van der Waals surface area contributed by atoms with Crippen LogP contribution in [0.4, 0.5) is 0 Å². The number of benzene rings is 1. The molecule has 0 fully saturated rings. The number of hydrogen-bond acceptors (Lipinski definition) is 11. The standard InChI is InChI=1S/C28H39NO9S2/c1-21-11-12-24(30)10-6-4-5-9-23-16-25(17-26(31)27(23)28(32)37-19-21)36-14-13-29-18-22(20-39-38-35-2)8-7-15-40(3,33)34/h5,8-9,11,16-17,29,31H,4,6-7,10,12-15,18-20H2,1-3H3. The number of carbonyl (C=O) groups excluding carboxylic acids is 2. The Balaban J connectivity index is 2.02. The molecule has 0 radical (unpaired) electrons. The second-order valence-electron chi connectivity index (χ2n) is 9.37. The van der Waals surface area contributed by atoms with Gasteiger partial charge in [0.1, 0.15) is 45.9 Å². The lowest BCUT2D eigenvalue weighted by molar-refractivity contribution is -0.159. The molecule has 1 aliphatic heterocycles. The van der Waals surface area contributed by atoms with Crippen LogP contribution in [-0.2, 0) is 28.6 Å². The van der Waals surface area contributed by atoms with Gasteiger partial charge in [0.05, 0.1) is 12.9 Å². The lowest BCUT2D eigenvalue weighted by Crippen LogP contribution is -2.24. The van der Waals surface area contributed by atoms with Crippen molar-refractivity contribution in [1.29, 1.82) is 0 Å². The molecule has 0 unspecified atom stereocenters. The summed E-state index contributed by atoms with van der Waals surface area (Å²) < 4.78 is 38.9. The van der Waals surface area contributed by atoms with E-state index in [9.17, 15) is 23.1 Å². The predicted octanol–water partition coefficient (Wildman–Crippen LogP) is 4.21. The van der Waals surface area contributed by atoms with Crippen LogP contribution in [0.15, 0.2) is 41.5 Å². The van der Waals surface area contributed by atoms with Crippen LogP contribution in [0.25, 0.3) is 6.08 Å². The largest absolute Gasteiger partial charge is 0.507 e. The van der Waals surface area contributed by atoms with E-state index in [1.54, 1.807) is 25.1 Å². The van der Waals surface area contributed by atoms with Crippen molar-refractivity contribution in [2.45, 2.75) is 39.0 Å². The molecule has 0 aliphatic carbocycles. The van der Waals surface area contributed by atoms with Gasteiger partial charge in [-0.25, -0.2) is 18.1 Å². The summed E-state index contributed by atoms with van der Waals surface area (Å²) in [5.74, 6) is 0.175. The van der Waals surface area contributed by atoms with Gasteiger partial charge in [0.2, 0.25) is 0 Å². The predicted molar refractivity (Wildman–Crippen MR) is 156 cm³/mol. The second-order valence-corrected chi connectivity index (χ2v) is 12.3. The van der Waals surface area contributed by atoms with Crippen molar-refractivity contribution in [3.8, 4) is 11.5 Å². The number of cyclic esters (lactones) is 1. The number of carbonyl (C=O) groups is 2. The van der Waals surface area contributed by atoms with Crippen LogP contribution in [0.5, 0.6) is 11.5 Å². The Morgan fingerprint density at radius 3 is 2.83 bits per heavy atom. The number of ether oxygens (including phenoxy) is 2. The number of sulfone groups is 1. The van der Waals surface area contributed by atoms with Crippen LogP contribution in [0.2, 0.25) is 0 Å². The van der Waals surface area contributed by atoms with Gasteiger partial charge in [-0.15, -0.1) is 0 Å². The van der Waals surface area contributed by atoms with Gasteiger partial charge in [-0.05, 0) is 49.0 Å². The van der Waals surface area contributed by atoms with Gasteiger partial charge in [-0.2, -0.15) is 4.33 Å². The topological polar surface area (TPSA) is 137 Å². The zero-order valence-corrected chi connectivity index (χ0v) is 24.9. The quantitative estimate of drug-likeness (QED) is 0.0845. The third-order valence-corrected chi connectivity index (χ3v) is 7.44. The summed E-state index contributed by atoms with van der Waals surface area (Å²) in [5, 5.41) is 13.9. The normalized spacial score (nSPS) is 15.7. The maximum absolute atomic E-state index is 12.8. The molecule has 2 N–H and O–H groups in total. The minimum absolute atomic E-state index is 0.0272. The number of hydrogen-bond donors (Lipinski definition) is 2. The highest BCUT2D eigenvalue weighted by Crippen LogP contribution is 2.30. The first kappa shape index (κ1) is 33.6. The zero-order chi connectivity index (χ0) is 29.4. The summed E-state index contributed by atoms with van der Waals surface area (Å²) in [4.78, 5) is 29.4. The van der Waals surface area contributed by atoms with Crippen molar-refractivity contribution in [3.05, 3.63) is 52.6 Å². The first-order valence-corrected chi connectivity index (χ1v) is 16.0. The van der Waals surface area contributed by atoms with Crippen molar-refractivity contribution in [1.82, 2.24) is 5.32 Å². The number of Topliss-reactive ketones (excluding diaryl/α,β-unsaturated/α-hetero) is 1. The smallest absolute Gasteiger partial charge is 0.342 e. The van der Waals surface area contributed by atoms with E-state index in [4.69, 9.17) is 13.8 Å². The summed E-state index contributed by atoms with van der Waals surface area (Å²) in [5.41, 5.74) is 2.23. The average Bonchev–Trinajstić information content (AvgIpc) is 2.88. The molecule has 0 amide bonds. The summed E-state index contributed by atoms with van der Waals surface area (Å²) in [7, 11) is -1.65. The van der Waals surface area contributed by atoms with Crippen LogP contribution in [0.1, 0.15) is 54.9 Å². The van der Waals surface area contributed by atoms with E-state index in [2.05, 4.69) is 10.2 Å². The van der Waals surface area contributed by atoms with Crippen molar-refractivity contribution in [2.75, 3.05) is 51.2 Å². The molecule has 0 saturated heterocycles. The Morgan fingerprint density at radius 2 is 2.08 bits per heavy atom. The lowest BCUT2D eigenvalue weighted by atomic mass is 10.0. The number of phenols is 1. The van der Waals surface area contributed by atoms with Crippen molar-refractivity contribution in [3.63, 3.8) is 0 Å². The molecule has 1 aromatic carbocycles. The van der Waals surface area contributed by atoms with Gasteiger partial charge in [0.15, 0.2) is 0 Å². The molecule has 222 valence electrons. The van der Waals surface area contributed by atoms with Gasteiger partial charge < -0.3 is 19.9 Å². The van der Waals surface area contributed by atoms with E-state index < -0.39 is 15.8 Å². The first-order valence-electron chi connectivity index (χ1n) is 13.0. The highest BCUT2D eigenvalue weighted by Gasteiger charge is 2.19. The number of aromatic hydroxyl groups is 1. The van der Waals surface area contributed by atoms with Crippen LogP contribution in [0, 0.1) is 0 Å². The Kier molecular flexibility index (Phi) is 15.0. The molecule has 0 saturated carbocycles. The fourth-order valence-corrected chi connectivity index (χ4v) is 4.75. The number of fused-ring (bicyclic) bond motifs is 1. The maximum atomic E-state index is 12.8. The summed E-state index contributed by atoms with van der Waals surface area (Å²) in [6, 6.07) is 3.05. The lowest BCUT2D eigenvalue weighted by Gasteiger charge is -2.14. The van der Waals surface area contributed by atoms with Crippen LogP contribution in [0.3, 0.4) is 0 Å². The van der Waals surface area contributed by atoms with Crippen molar-refractivity contribution >= 4 is 39.7 Å². The summed E-state index contributed by atoms with van der Waals surface area (Å²) in [6.45, 7) is 3.05. The molecular formula is C28H39NO9S2. The number of nitrogens with one attached hydrogen (secondary N) is 1. The van der Waals surface area contributed by atoms with Gasteiger partial charge >= 0.3 is 5.97 Å². The Labute approximate surface area is 240 Å². The van der Waals surface area contributed by atoms with Crippen LogP contribution < -0.4 is 10.1 Å².